The van der Waals surface area contributed by atoms with Crippen LogP contribution < -0.4 is 4.74 Å². The summed E-state index contributed by atoms with van der Waals surface area (Å²) in [5.41, 5.74) is 6.94. The number of thiophene rings is 1. The first-order valence-corrected chi connectivity index (χ1v) is 15.0. The lowest BCUT2D eigenvalue weighted by atomic mass is 9.89. The van der Waals surface area contributed by atoms with Crippen LogP contribution in [0.3, 0.4) is 0 Å². The Kier molecular flexibility index (Phi) is 6.32. The normalized spacial score (nSPS) is 21.8. The standard InChI is InChI=1S/C30H33N3O2S2/c1-30(2,3)33-12-14-36-18-23-26(25-8-6-13-37-25)27-22-16-21(20-7-5-10-31-17-20)24(35-4)15-19(22)9-11-32(27)28(23)29(33)34/h5-8,10,13,15-17,23,28H,9,11-12,14,18H2,1-4H3. The molecule has 0 aliphatic carbocycles. The van der Waals surface area contributed by atoms with E-state index in [1.165, 1.54) is 27.3 Å². The van der Waals surface area contributed by atoms with Crippen molar-refractivity contribution in [1.82, 2.24) is 14.8 Å². The molecule has 5 heterocycles. The van der Waals surface area contributed by atoms with E-state index in [0.29, 0.717) is 0 Å². The monoisotopic (exact) mass is 531 g/mol. The molecule has 192 valence electrons. The van der Waals surface area contributed by atoms with Crippen molar-refractivity contribution in [3.63, 3.8) is 0 Å². The van der Waals surface area contributed by atoms with Gasteiger partial charge in [0.05, 0.1) is 12.8 Å². The Balaban J connectivity index is 1.56. The fraction of sp³-hybridized carbons (Fsp3) is 0.400. The predicted octanol–water partition coefficient (Wildman–Crippen LogP) is 5.92. The third-order valence-electron chi connectivity index (χ3n) is 7.78. The van der Waals surface area contributed by atoms with Crippen LogP contribution in [0.2, 0.25) is 0 Å². The lowest BCUT2D eigenvalue weighted by Crippen LogP contribution is -2.57. The SMILES string of the molecule is COc1cc2c(cc1-c1cccnc1)C1=C(c3cccs3)C3CSCCN(C(C)(C)C)C(=O)C3N1CC2. The Hall–Kier alpha value is -2.77. The Morgan fingerprint density at radius 1 is 1.11 bits per heavy atom. The van der Waals surface area contributed by atoms with Crippen LogP contribution in [0.4, 0.5) is 0 Å². The van der Waals surface area contributed by atoms with Crippen LogP contribution in [0.1, 0.15) is 36.8 Å². The fourth-order valence-corrected chi connectivity index (χ4v) is 8.03. The number of amides is 1. The van der Waals surface area contributed by atoms with Crippen LogP contribution in [0.15, 0.2) is 54.2 Å². The van der Waals surface area contributed by atoms with Crippen molar-refractivity contribution in [1.29, 1.82) is 0 Å². The van der Waals surface area contributed by atoms with E-state index < -0.39 is 0 Å². The maximum atomic E-state index is 14.3. The van der Waals surface area contributed by atoms with Gasteiger partial charge < -0.3 is 14.5 Å². The zero-order valence-corrected chi connectivity index (χ0v) is 23.5. The van der Waals surface area contributed by atoms with Crippen molar-refractivity contribution >= 4 is 40.3 Å². The summed E-state index contributed by atoms with van der Waals surface area (Å²) in [6.07, 6.45) is 4.58. The first-order valence-electron chi connectivity index (χ1n) is 12.9. The summed E-state index contributed by atoms with van der Waals surface area (Å²) in [6, 6.07) is 12.7. The second-order valence-corrected chi connectivity index (χ2v) is 13.0. The highest BCUT2D eigenvalue weighted by molar-refractivity contribution is 7.99. The van der Waals surface area contributed by atoms with Crippen LogP contribution in [0.25, 0.3) is 22.4 Å². The first-order chi connectivity index (χ1) is 17.9. The zero-order valence-electron chi connectivity index (χ0n) is 21.9. The molecule has 7 heteroatoms. The van der Waals surface area contributed by atoms with Gasteiger partial charge >= 0.3 is 0 Å². The van der Waals surface area contributed by atoms with Crippen molar-refractivity contribution in [2.24, 2.45) is 5.92 Å². The van der Waals surface area contributed by atoms with E-state index in [0.717, 1.165) is 47.9 Å². The summed E-state index contributed by atoms with van der Waals surface area (Å²) in [7, 11) is 1.74. The molecule has 0 N–H and O–H groups in total. The summed E-state index contributed by atoms with van der Waals surface area (Å²) in [6.45, 7) is 8.11. The summed E-state index contributed by atoms with van der Waals surface area (Å²) in [5.74, 6) is 3.23. The van der Waals surface area contributed by atoms with Crippen LogP contribution in [-0.2, 0) is 11.2 Å². The van der Waals surface area contributed by atoms with E-state index in [4.69, 9.17) is 4.74 Å². The van der Waals surface area contributed by atoms with E-state index >= 15 is 0 Å². The second-order valence-electron chi connectivity index (χ2n) is 10.9. The molecule has 0 spiro atoms. The second kappa shape index (κ2) is 9.52. The molecule has 3 aliphatic rings. The number of aromatic nitrogens is 1. The van der Waals surface area contributed by atoms with Crippen LogP contribution in [-0.4, -0.2) is 64.0 Å². The number of thioether (sulfide) groups is 1. The van der Waals surface area contributed by atoms with Crippen molar-refractivity contribution in [2.45, 2.75) is 38.8 Å². The van der Waals surface area contributed by atoms with Gasteiger partial charge in [-0.15, -0.1) is 11.3 Å². The molecule has 0 bridgehead atoms. The molecule has 0 radical (unpaired) electrons. The minimum Gasteiger partial charge on any atom is -0.496 e. The van der Waals surface area contributed by atoms with Crippen molar-refractivity contribution in [2.75, 3.05) is 31.7 Å². The molecule has 1 fully saturated rings. The van der Waals surface area contributed by atoms with Gasteiger partial charge in [0.2, 0.25) is 5.91 Å². The van der Waals surface area contributed by atoms with E-state index in [1.54, 1.807) is 24.6 Å². The van der Waals surface area contributed by atoms with E-state index in [1.807, 2.05) is 24.0 Å². The number of benzene rings is 1. The number of carbonyl (C=O) groups excluding carboxylic acids is 1. The molecule has 2 atom stereocenters. The van der Waals surface area contributed by atoms with Gasteiger partial charge in [0.25, 0.3) is 0 Å². The molecule has 0 saturated carbocycles. The van der Waals surface area contributed by atoms with Gasteiger partial charge in [0, 0.05) is 70.0 Å². The fourth-order valence-electron chi connectivity index (χ4n) is 6.11. The average Bonchev–Trinajstić information content (AvgIpc) is 3.52. The van der Waals surface area contributed by atoms with Gasteiger partial charge in [-0.05, 0) is 68.0 Å². The van der Waals surface area contributed by atoms with Gasteiger partial charge in [0.15, 0.2) is 0 Å². The number of methoxy groups -OCH3 is 1. The summed E-state index contributed by atoms with van der Waals surface area (Å²) >= 11 is 3.76. The van der Waals surface area contributed by atoms with Gasteiger partial charge in [-0.25, -0.2) is 0 Å². The molecule has 1 saturated heterocycles. The maximum Gasteiger partial charge on any atom is 0.246 e. The molecule has 2 aromatic heterocycles. The quantitative estimate of drug-likeness (QED) is 0.420. The molecule has 5 nitrogen and oxygen atoms in total. The topological polar surface area (TPSA) is 45.7 Å². The predicted molar refractivity (Wildman–Crippen MR) is 154 cm³/mol. The molecule has 3 aliphatic heterocycles. The molecule has 6 rings (SSSR count). The molecule has 37 heavy (non-hydrogen) atoms. The number of fused-ring (bicyclic) bond motifs is 5. The summed E-state index contributed by atoms with van der Waals surface area (Å²) < 4.78 is 5.85. The Bertz CT molecular complexity index is 1350. The number of hydrogen-bond acceptors (Lipinski definition) is 6. The summed E-state index contributed by atoms with van der Waals surface area (Å²) in [5, 5.41) is 2.15. The van der Waals surface area contributed by atoms with E-state index in [9.17, 15) is 4.79 Å². The molecule has 3 aromatic rings. The third-order valence-corrected chi connectivity index (χ3v) is 9.75. The average molecular weight is 532 g/mol. The molecule has 1 aromatic carbocycles. The number of pyridine rings is 1. The molecular weight excluding hydrogens is 498 g/mol. The van der Waals surface area contributed by atoms with E-state index in [-0.39, 0.29) is 23.4 Å². The van der Waals surface area contributed by atoms with Gasteiger partial charge in [-0.2, -0.15) is 11.8 Å². The smallest absolute Gasteiger partial charge is 0.246 e. The number of rotatable bonds is 3. The van der Waals surface area contributed by atoms with Crippen LogP contribution in [0, 0.1) is 5.92 Å². The Morgan fingerprint density at radius 2 is 1.97 bits per heavy atom. The minimum atomic E-state index is -0.208. The minimum absolute atomic E-state index is 0.159. The van der Waals surface area contributed by atoms with Crippen molar-refractivity contribution in [3.8, 4) is 16.9 Å². The maximum absolute atomic E-state index is 14.3. The van der Waals surface area contributed by atoms with Gasteiger partial charge in [-0.3, -0.25) is 9.78 Å². The zero-order chi connectivity index (χ0) is 25.7. The Morgan fingerprint density at radius 3 is 2.68 bits per heavy atom. The highest BCUT2D eigenvalue weighted by atomic mass is 32.2. The number of carbonyl (C=O) groups is 1. The number of nitrogens with zero attached hydrogens (tertiary/aromatic N) is 3. The lowest BCUT2D eigenvalue weighted by Gasteiger charge is -2.43. The Labute approximate surface area is 227 Å². The largest absolute Gasteiger partial charge is 0.496 e. The van der Waals surface area contributed by atoms with Crippen LogP contribution in [0.5, 0.6) is 5.75 Å². The van der Waals surface area contributed by atoms with Gasteiger partial charge in [0.1, 0.15) is 11.8 Å². The molecule has 2 unspecified atom stereocenters. The van der Waals surface area contributed by atoms with Crippen LogP contribution >= 0.6 is 23.1 Å². The summed E-state index contributed by atoms with van der Waals surface area (Å²) in [4.78, 5) is 24.5. The number of ether oxygens (including phenoxy) is 1. The number of hydrogen-bond donors (Lipinski definition) is 0. The van der Waals surface area contributed by atoms with Crippen molar-refractivity contribution in [3.05, 3.63) is 70.2 Å². The van der Waals surface area contributed by atoms with Gasteiger partial charge in [-0.1, -0.05) is 12.1 Å². The highest BCUT2D eigenvalue weighted by Gasteiger charge is 2.50. The first kappa shape index (κ1) is 24.6. The molecular formula is C30H33N3O2S2. The van der Waals surface area contributed by atoms with Crippen molar-refractivity contribution < 1.29 is 9.53 Å². The molecule has 1 amide bonds. The van der Waals surface area contributed by atoms with E-state index in [2.05, 4.69) is 71.3 Å². The lowest BCUT2D eigenvalue weighted by molar-refractivity contribution is -0.141. The third kappa shape index (κ3) is 4.16. The highest BCUT2D eigenvalue weighted by Crippen LogP contribution is 2.52.